The molecule has 0 nitrogen and oxygen atoms in total. The summed E-state index contributed by atoms with van der Waals surface area (Å²) in [7, 11) is 0. The van der Waals surface area contributed by atoms with Gasteiger partial charge in [0, 0.05) is 0 Å². The normalized spacial score (nSPS) is 11.5. The highest BCUT2D eigenvalue weighted by atomic mass is 14.1. The van der Waals surface area contributed by atoms with E-state index in [0.717, 1.165) is 12.3 Å². The van der Waals surface area contributed by atoms with Crippen molar-refractivity contribution in [2.24, 2.45) is 5.92 Å². The largest absolute Gasteiger partial charge is 0.0654 e. The summed E-state index contributed by atoms with van der Waals surface area (Å²) >= 11 is 0. The van der Waals surface area contributed by atoms with Crippen molar-refractivity contribution in [3.63, 3.8) is 0 Å². The lowest BCUT2D eigenvalue weighted by Gasteiger charge is -2.14. The first-order valence-corrected chi connectivity index (χ1v) is 12.1. The Hall–Kier alpha value is 0. The van der Waals surface area contributed by atoms with Crippen LogP contribution in [0.1, 0.15) is 149 Å². The first kappa shape index (κ1) is 25.0. The molecule has 0 aliphatic heterocycles. The van der Waals surface area contributed by atoms with Gasteiger partial charge in [0.1, 0.15) is 0 Å². The summed E-state index contributed by atoms with van der Waals surface area (Å²) in [6.45, 7) is 8.66. The van der Waals surface area contributed by atoms with E-state index in [1.807, 2.05) is 0 Å². The average Bonchev–Trinajstić information content (AvgIpc) is 2.61. The fraction of sp³-hybridized carbons (Fsp3) is 0.960. The van der Waals surface area contributed by atoms with Crippen LogP contribution in [-0.2, 0) is 0 Å². The van der Waals surface area contributed by atoms with Crippen LogP contribution in [0.4, 0.5) is 0 Å². The van der Waals surface area contributed by atoms with Crippen molar-refractivity contribution in [3.05, 3.63) is 6.92 Å². The third-order valence-electron chi connectivity index (χ3n) is 5.78. The Labute approximate surface area is 161 Å². The summed E-state index contributed by atoms with van der Waals surface area (Å²) in [6.07, 6.45) is 30.2. The molecular formula is C25H51. The van der Waals surface area contributed by atoms with Gasteiger partial charge in [-0.25, -0.2) is 0 Å². The fourth-order valence-electron chi connectivity index (χ4n) is 4.11. The quantitative estimate of drug-likeness (QED) is 0.180. The summed E-state index contributed by atoms with van der Waals surface area (Å²) < 4.78 is 0. The smallest absolute Gasteiger partial charge is 0.0414 e. The number of unbranched alkanes of at least 4 members (excludes halogenated alkanes) is 15. The van der Waals surface area contributed by atoms with E-state index in [0.29, 0.717) is 0 Å². The Balaban J connectivity index is 3.13. The maximum atomic E-state index is 4.03. The van der Waals surface area contributed by atoms with Crippen LogP contribution >= 0.6 is 0 Å². The summed E-state index contributed by atoms with van der Waals surface area (Å²) in [4.78, 5) is 0. The topological polar surface area (TPSA) is 0 Å². The lowest BCUT2D eigenvalue weighted by atomic mass is 9.92. The number of hydrogen-bond acceptors (Lipinski definition) is 0. The van der Waals surface area contributed by atoms with Crippen molar-refractivity contribution in [2.45, 2.75) is 149 Å². The molecule has 0 aromatic rings. The van der Waals surface area contributed by atoms with Crippen LogP contribution in [0.2, 0.25) is 0 Å². The molecule has 25 heavy (non-hydrogen) atoms. The van der Waals surface area contributed by atoms with Gasteiger partial charge in [0.05, 0.1) is 0 Å². The van der Waals surface area contributed by atoms with Gasteiger partial charge in [0.2, 0.25) is 0 Å². The van der Waals surface area contributed by atoms with Gasteiger partial charge >= 0.3 is 0 Å². The summed E-state index contributed by atoms with van der Waals surface area (Å²) in [5, 5.41) is 0. The Morgan fingerprint density at radius 1 is 0.440 bits per heavy atom. The SMILES string of the molecule is [CH2]CCC(CCC)CCCCCCCCCCCCCCCCCC. The molecular weight excluding hydrogens is 300 g/mol. The standard InChI is InChI=1S/C25H51/c1-4-7-8-9-10-11-12-13-14-15-16-17-18-19-20-21-24-25(22-5-2)23-6-3/h25H,2,4-24H2,1,3H3. The van der Waals surface area contributed by atoms with E-state index < -0.39 is 0 Å². The zero-order chi connectivity index (χ0) is 18.4. The van der Waals surface area contributed by atoms with Crippen LogP contribution in [0, 0.1) is 12.8 Å². The Bertz CT molecular complexity index is 214. The van der Waals surface area contributed by atoms with Crippen molar-refractivity contribution < 1.29 is 0 Å². The van der Waals surface area contributed by atoms with E-state index in [-0.39, 0.29) is 0 Å². The predicted octanol–water partition coefficient (Wildman–Crippen LogP) is 9.67. The molecule has 0 rings (SSSR count). The van der Waals surface area contributed by atoms with Crippen LogP contribution in [0.3, 0.4) is 0 Å². The molecule has 0 heterocycles. The van der Waals surface area contributed by atoms with Crippen molar-refractivity contribution in [1.82, 2.24) is 0 Å². The molecule has 0 amide bonds. The highest BCUT2D eigenvalue weighted by Gasteiger charge is 2.05. The zero-order valence-electron chi connectivity index (χ0n) is 18.1. The first-order chi connectivity index (χ1) is 12.3. The van der Waals surface area contributed by atoms with Gasteiger partial charge in [-0.15, -0.1) is 0 Å². The maximum Gasteiger partial charge on any atom is -0.0414 e. The van der Waals surface area contributed by atoms with Crippen LogP contribution in [0.25, 0.3) is 0 Å². The molecule has 1 atom stereocenters. The van der Waals surface area contributed by atoms with Crippen LogP contribution in [0.15, 0.2) is 0 Å². The Morgan fingerprint density at radius 3 is 1.20 bits per heavy atom. The third kappa shape index (κ3) is 20.2. The van der Waals surface area contributed by atoms with E-state index >= 15 is 0 Å². The molecule has 0 aliphatic rings. The lowest BCUT2D eigenvalue weighted by molar-refractivity contribution is 0.396. The summed E-state index contributed by atoms with van der Waals surface area (Å²) in [6, 6.07) is 0. The molecule has 0 saturated heterocycles. The molecule has 151 valence electrons. The second-order valence-electron chi connectivity index (χ2n) is 8.39. The van der Waals surface area contributed by atoms with E-state index in [1.165, 1.54) is 128 Å². The third-order valence-corrected chi connectivity index (χ3v) is 5.78. The average molecular weight is 352 g/mol. The zero-order valence-corrected chi connectivity index (χ0v) is 18.1. The van der Waals surface area contributed by atoms with E-state index in [2.05, 4.69) is 20.8 Å². The molecule has 0 bridgehead atoms. The summed E-state index contributed by atoms with van der Waals surface area (Å²) in [5.41, 5.74) is 0. The Kier molecular flexibility index (Phi) is 22.0. The maximum absolute atomic E-state index is 4.03. The van der Waals surface area contributed by atoms with Gasteiger partial charge in [-0.05, 0) is 5.92 Å². The van der Waals surface area contributed by atoms with Gasteiger partial charge in [-0.3, -0.25) is 0 Å². The second kappa shape index (κ2) is 22.0. The van der Waals surface area contributed by atoms with Gasteiger partial charge in [0.15, 0.2) is 0 Å². The molecule has 0 aromatic heterocycles. The number of rotatable bonds is 21. The molecule has 1 radical (unpaired) electrons. The molecule has 0 N–H and O–H groups in total. The first-order valence-electron chi connectivity index (χ1n) is 12.1. The number of hydrogen-bond donors (Lipinski definition) is 0. The van der Waals surface area contributed by atoms with Gasteiger partial charge in [-0.2, -0.15) is 0 Å². The van der Waals surface area contributed by atoms with E-state index in [1.54, 1.807) is 0 Å². The Morgan fingerprint density at radius 2 is 0.840 bits per heavy atom. The lowest BCUT2D eigenvalue weighted by Crippen LogP contribution is -1.99. The highest BCUT2D eigenvalue weighted by molar-refractivity contribution is 4.60. The van der Waals surface area contributed by atoms with Crippen LogP contribution in [-0.4, -0.2) is 0 Å². The van der Waals surface area contributed by atoms with Crippen LogP contribution in [0.5, 0.6) is 0 Å². The monoisotopic (exact) mass is 351 g/mol. The second-order valence-corrected chi connectivity index (χ2v) is 8.39. The minimum Gasteiger partial charge on any atom is -0.0654 e. The van der Waals surface area contributed by atoms with E-state index in [4.69, 9.17) is 0 Å². The van der Waals surface area contributed by atoms with Crippen molar-refractivity contribution in [3.8, 4) is 0 Å². The van der Waals surface area contributed by atoms with Crippen molar-refractivity contribution >= 4 is 0 Å². The van der Waals surface area contributed by atoms with Crippen LogP contribution < -0.4 is 0 Å². The fourth-order valence-corrected chi connectivity index (χ4v) is 4.11. The van der Waals surface area contributed by atoms with E-state index in [9.17, 15) is 0 Å². The molecule has 0 spiro atoms. The minimum atomic E-state index is 0.967. The van der Waals surface area contributed by atoms with Gasteiger partial charge in [0.25, 0.3) is 0 Å². The molecule has 0 saturated carbocycles. The van der Waals surface area contributed by atoms with Gasteiger partial charge < -0.3 is 0 Å². The van der Waals surface area contributed by atoms with Crippen molar-refractivity contribution in [1.29, 1.82) is 0 Å². The highest BCUT2D eigenvalue weighted by Crippen LogP contribution is 2.21. The minimum absolute atomic E-state index is 0.967. The van der Waals surface area contributed by atoms with Crippen molar-refractivity contribution in [2.75, 3.05) is 0 Å². The molecule has 0 aliphatic carbocycles. The molecule has 0 heteroatoms. The predicted molar refractivity (Wildman–Crippen MR) is 117 cm³/mol. The molecule has 1 unspecified atom stereocenters. The van der Waals surface area contributed by atoms with Gasteiger partial charge in [-0.1, -0.05) is 156 Å². The molecule has 0 fully saturated rings. The summed E-state index contributed by atoms with van der Waals surface area (Å²) in [5.74, 6) is 0.967. The molecule has 0 aromatic carbocycles.